The molecule has 0 amide bonds. The molecule has 2 heterocycles. The second kappa shape index (κ2) is 4.39. The Hall–Kier alpha value is -0.130. The van der Waals surface area contributed by atoms with Crippen LogP contribution < -0.4 is 5.32 Å². The van der Waals surface area contributed by atoms with E-state index in [0.717, 1.165) is 19.6 Å². The first-order valence-electron chi connectivity index (χ1n) is 5.80. The summed E-state index contributed by atoms with van der Waals surface area (Å²) in [6.07, 6.45) is 2.34. The van der Waals surface area contributed by atoms with Gasteiger partial charge in [0.15, 0.2) is 9.84 Å². The second-order valence-electron chi connectivity index (χ2n) is 4.59. The van der Waals surface area contributed by atoms with E-state index in [-0.39, 0.29) is 12.1 Å². The lowest BCUT2D eigenvalue weighted by molar-refractivity contribution is 0.147. The maximum Gasteiger partial charge on any atom is 0.153 e. The van der Waals surface area contributed by atoms with Gasteiger partial charge in [0.05, 0.1) is 11.5 Å². The highest BCUT2D eigenvalue weighted by atomic mass is 32.2. The van der Waals surface area contributed by atoms with Gasteiger partial charge in [-0.3, -0.25) is 4.90 Å². The largest absolute Gasteiger partial charge is 0.310 e. The molecular formula is C10H20N2O2S. The molecule has 0 aromatic heterocycles. The highest BCUT2D eigenvalue weighted by Gasteiger charge is 2.42. The monoisotopic (exact) mass is 232 g/mol. The van der Waals surface area contributed by atoms with Gasteiger partial charge in [-0.05, 0) is 13.0 Å². The molecule has 1 N–H and O–H groups in total. The Morgan fingerprint density at radius 2 is 2.20 bits per heavy atom. The molecule has 5 heteroatoms. The Labute approximate surface area is 91.9 Å². The molecule has 4 nitrogen and oxygen atoms in total. The highest BCUT2D eigenvalue weighted by Crippen LogP contribution is 2.21. The molecule has 2 rings (SSSR count). The van der Waals surface area contributed by atoms with Crippen molar-refractivity contribution in [3.05, 3.63) is 0 Å². The van der Waals surface area contributed by atoms with Crippen molar-refractivity contribution >= 4 is 9.84 Å². The first-order valence-corrected chi connectivity index (χ1v) is 7.62. The van der Waals surface area contributed by atoms with Crippen molar-refractivity contribution < 1.29 is 8.42 Å². The zero-order valence-electron chi connectivity index (χ0n) is 9.28. The molecule has 0 spiro atoms. The fourth-order valence-electron chi connectivity index (χ4n) is 2.58. The minimum absolute atomic E-state index is 0.181. The summed E-state index contributed by atoms with van der Waals surface area (Å²) < 4.78 is 23.1. The zero-order chi connectivity index (χ0) is 10.9. The number of piperazine rings is 1. The summed E-state index contributed by atoms with van der Waals surface area (Å²) in [7, 11) is -2.79. The van der Waals surface area contributed by atoms with Crippen LogP contribution in [0.25, 0.3) is 0 Å². The number of hydrogen-bond donors (Lipinski definition) is 1. The molecule has 2 fully saturated rings. The van der Waals surface area contributed by atoms with Gasteiger partial charge in [0.2, 0.25) is 0 Å². The number of unbranched alkanes of at least 4 members (excludes halogenated alkanes) is 1. The average molecular weight is 232 g/mol. The van der Waals surface area contributed by atoms with Crippen LogP contribution in [0.5, 0.6) is 0 Å². The van der Waals surface area contributed by atoms with Gasteiger partial charge < -0.3 is 5.32 Å². The van der Waals surface area contributed by atoms with Crippen molar-refractivity contribution in [2.75, 3.05) is 31.1 Å². The third-order valence-electron chi connectivity index (χ3n) is 3.40. The van der Waals surface area contributed by atoms with Gasteiger partial charge in [-0.25, -0.2) is 8.42 Å². The van der Waals surface area contributed by atoms with Crippen LogP contribution in [0, 0.1) is 0 Å². The topological polar surface area (TPSA) is 49.4 Å². The van der Waals surface area contributed by atoms with Crippen molar-refractivity contribution in [1.82, 2.24) is 10.2 Å². The van der Waals surface area contributed by atoms with Crippen LogP contribution in [-0.4, -0.2) is 56.5 Å². The van der Waals surface area contributed by atoms with Crippen molar-refractivity contribution in [3.63, 3.8) is 0 Å². The summed E-state index contributed by atoms with van der Waals surface area (Å²) >= 11 is 0. The van der Waals surface area contributed by atoms with E-state index in [1.807, 2.05) is 0 Å². The maximum absolute atomic E-state index is 11.5. The molecule has 2 saturated heterocycles. The van der Waals surface area contributed by atoms with Gasteiger partial charge in [0, 0.05) is 25.2 Å². The molecule has 88 valence electrons. The smallest absolute Gasteiger partial charge is 0.153 e. The van der Waals surface area contributed by atoms with Gasteiger partial charge in [0.25, 0.3) is 0 Å². The van der Waals surface area contributed by atoms with Crippen LogP contribution in [0.3, 0.4) is 0 Å². The number of nitrogens with one attached hydrogen (secondary N) is 1. The van der Waals surface area contributed by atoms with E-state index in [1.54, 1.807) is 0 Å². The molecule has 0 saturated carbocycles. The van der Waals surface area contributed by atoms with Crippen LogP contribution in [0.2, 0.25) is 0 Å². The Kier molecular flexibility index (Phi) is 3.33. The standard InChI is InChI=1S/C10H20N2O2S/c1-2-3-5-12-6-4-11-9-7-15(13,14)8-10(9)12/h9-11H,2-8H2,1H3. The summed E-state index contributed by atoms with van der Waals surface area (Å²) in [6.45, 7) is 5.15. The molecule has 2 aliphatic heterocycles. The third kappa shape index (κ3) is 2.52. The molecule has 2 aliphatic rings. The predicted molar refractivity (Wildman–Crippen MR) is 60.7 cm³/mol. The van der Waals surface area contributed by atoms with E-state index in [0.29, 0.717) is 11.5 Å². The van der Waals surface area contributed by atoms with Crippen LogP contribution in [0.15, 0.2) is 0 Å². The lowest BCUT2D eigenvalue weighted by atomic mass is 10.1. The third-order valence-corrected chi connectivity index (χ3v) is 5.11. The van der Waals surface area contributed by atoms with E-state index in [9.17, 15) is 8.42 Å². The molecule has 2 atom stereocenters. The van der Waals surface area contributed by atoms with E-state index < -0.39 is 9.84 Å². The van der Waals surface area contributed by atoms with Crippen molar-refractivity contribution in [3.8, 4) is 0 Å². The van der Waals surface area contributed by atoms with Crippen molar-refractivity contribution in [2.45, 2.75) is 31.8 Å². The van der Waals surface area contributed by atoms with Crippen molar-refractivity contribution in [1.29, 1.82) is 0 Å². The first-order chi connectivity index (χ1) is 7.12. The first kappa shape index (κ1) is 11.4. The summed E-state index contributed by atoms with van der Waals surface area (Å²) in [5.74, 6) is 0.689. The summed E-state index contributed by atoms with van der Waals surface area (Å²) in [5.41, 5.74) is 0. The number of sulfone groups is 1. The second-order valence-corrected chi connectivity index (χ2v) is 6.75. The zero-order valence-corrected chi connectivity index (χ0v) is 10.1. The SMILES string of the molecule is CCCCN1CCNC2CS(=O)(=O)CC21. The van der Waals surface area contributed by atoms with E-state index in [4.69, 9.17) is 0 Å². The lowest BCUT2D eigenvalue weighted by Crippen LogP contribution is -2.57. The Morgan fingerprint density at radius 1 is 1.40 bits per heavy atom. The van der Waals surface area contributed by atoms with Gasteiger partial charge in [0.1, 0.15) is 0 Å². The highest BCUT2D eigenvalue weighted by molar-refractivity contribution is 7.91. The minimum atomic E-state index is -2.79. The molecule has 0 bridgehead atoms. The number of nitrogens with zero attached hydrogens (tertiary/aromatic N) is 1. The van der Waals surface area contributed by atoms with Crippen molar-refractivity contribution in [2.24, 2.45) is 0 Å². The van der Waals surface area contributed by atoms with Crippen LogP contribution >= 0.6 is 0 Å². The normalized spacial score (nSPS) is 35.3. The molecule has 0 aromatic carbocycles. The lowest BCUT2D eigenvalue weighted by Gasteiger charge is -2.37. The van der Waals surface area contributed by atoms with Gasteiger partial charge in [-0.15, -0.1) is 0 Å². The van der Waals surface area contributed by atoms with Crippen LogP contribution in [-0.2, 0) is 9.84 Å². The molecule has 0 aliphatic carbocycles. The molecule has 0 radical (unpaired) electrons. The fourth-order valence-corrected chi connectivity index (χ4v) is 4.57. The van der Waals surface area contributed by atoms with Gasteiger partial charge in [-0.1, -0.05) is 13.3 Å². The molecule has 0 aromatic rings. The fraction of sp³-hybridized carbons (Fsp3) is 1.00. The van der Waals surface area contributed by atoms with E-state index >= 15 is 0 Å². The van der Waals surface area contributed by atoms with E-state index in [1.165, 1.54) is 12.8 Å². The summed E-state index contributed by atoms with van der Waals surface area (Å²) in [5, 5.41) is 3.32. The average Bonchev–Trinajstić information content (AvgIpc) is 2.49. The number of rotatable bonds is 3. The predicted octanol–water partition coefficient (Wildman–Crippen LogP) is -0.143. The van der Waals surface area contributed by atoms with Crippen LogP contribution in [0.1, 0.15) is 19.8 Å². The number of hydrogen-bond acceptors (Lipinski definition) is 4. The molecular weight excluding hydrogens is 212 g/mol. The maximum atomic E-state index is 11.5. The Bertz CT molecular complexity index is 315. The molecule has 2 unspecified atom stereocenters. The van der Waals surface area contributed by atoms with E-state index in [2.05, 4.69) is 17.1 Å². The quantitative estimate of drug-likeness (QED) is 0.736. The summed E-state index contributed by atoms with van der Waals surface area (Å²) in [4.78, 5) is 2.36. The van der Waals surface area contributed by atoms with Crippen LogP contribution in [0.4, 0.5) is 0 Å². The number of fused-ring (bicyclic) bond motifs is 1. The Morgan fingerprint density at radius 3 is 2.93 bits per heavy atom. The summed E-state index contributed by atoms with van der Waals surface area (Å²) in [6, 6.07) is 0.413. The minimum Gasteiger partial charge on any atom is -0.310 e. The van der Waals surface area contributed by atoms with Gasteiger partial charge >= 0.3 is 0 Å². The van der Waals surface area contributed by atoms with Gasteiger partial charge in [-0.2, -0.15) is 0 Å². The Balaban J connectivity index is 2.02. The molecule has 15 heavy (non-hydrogen) atoms.